The molecule has 27 heavy (non-hydrogen) atoms. The van der Waals surface area contributed by atoms with Crippen LogP contribution in [0, 0.1) is 6.92 Å². The molecule has 8 heteroatoms. The van der Waals surface area contributed by atoms with Crippen LogP contribution in [0.3, 0.4) is 0 Å². The molecule has 1 amide bonds. The number of benzene rings is 1. The van der Waals surface area contributed by atoms with Crippen LogP contribution in [-0.2, 0) is 14.6 Å². The predicted molar refractivity (Wildman–Crippen MR) is 103 cm³/mol. The topological polar surface area (TPSA) is 103 Å². The lowest BCUT2D eigenvalue weighted by Gasteiger charge is -2.39. The van der Waals surface area contributed by atoms with Gasteiger partial charge in [0.25, 0.3) is 0 Å². The number of sulfone groups is 1. The summed E-state index contributed by atoms with van der Waals surface area (Å²) in [5, 5.41) is 9.20. The highest BCUT2D eigenvalue weighted by atomic mass is 32.2. The van der Waals surface area contributed by atoms with Gasteiger partial charge >= 0.3 is 0 Å². The summed E-state index contributed by atoms with van der Waals surface area (Å²) >= 11 is 0. The predicted octanol–water partition coefficient (Wildman–Crippen LogP) is 2.19. The van der Waals surface area contributed by atoms with Crippen molar-refractivity contribution in [2.45, 2.75) is 50.6 Å². The van der Waals surface area contributed by atoms with E-state index in [4.69, 9.17) is 0 Å². The first-order chi connectivity index (χ1) is 12.7. The quantitative estimate of drug-likeness (QED) is 0.831. The lowest BCUT2D eigenvalue weighted by atomic mass is 9.99. The van der Waals surface area contributed by atoms with Crippen molar-refractivity contribution in [2.24, 2.45) is 0 Å². The number of carbonyl (C=O) groups excluding carboxylic acids is 1. The average molecular weight is 391 g/mol. The van der Waals surface area contributed by atoms with Crippen molar-refractivity contribution in [3.8, 4) is 11.3 Å². The van der Waals surface area contributed by atoms with Gasteiger partial charge < -0.3 is 15.0 Å². The number of aliphatic hydroxyl groups excluding tert-OH is 1. The number of piperidine rings is 1. The third-order valence-corrected chi connectivity index (χ3v) is 6.60. The zero-order chi connectivity index (χ0) is 19.8. The Bertz CT molecular complexity index is 921. The second-order valence-corrected chi connectivity index (χ2v) is 9.56. The first kappa shape index (κ1) is 19.6. The van der Waals surface area contributed by atoms with E-state index in [0.29, 0.717) is 18.7 Å². The minimum atomic E-state index is -3.56. The molecule has 7 nitrogen and oxygen atoms in total. The Labute approximate surface area is 159 Å². The standard InChI is InChI=1S/C19H25N3O4S/c1-12-7-9-14(10-8-12)15-11-20-18(21-15)16-5-4-6-17(23)22(16)19(24)13(2)27(3,25)26/h7-11,13,16-17,23H,4-6H2,1-3H3,(H,20,21). The van der Waals surface area contributed by atoms with Crippen LogP contribution in [0.5, 0.6) is 0 Å². The number of aromatic amines is 1. The number of hydrogen-bond donors (Lipinski definition) is 2. The summed E-state index contributed by atoms with van der Waals surface area (Å²) in [7, 11) is -3.56. The molecular weight excluding hydrogens is 366 g/mol. The maximum absolute atomic E-state index is 12.8. The molecule has 0 saturated carbocycles. The summed E-state index contributed by atoms with van der Waals surface area (Å²) in [5.41, 5.74) is 2.94. The maximum Gasteiger partial charge on any atom is 0.243 e. The highest BCUT2D eigenvalue weighted by Gasteiger charge is 2.40. The van der Waals surface area contributed by atoms with Crippen molar-refractivity contribution in [3.05, 3.63) is 41.9 Å². The fraction of sp³-hybridized carbons (Fsp3) is 0.474. The van der Waals surface area contributed by atoms with E-state index < -0.39 is 33.3 Å². The van der Waals surface area contributed by atoms with Crippen LogP contribution >= 0.6 is 0 Å². The van der Waals surface area contributed by atoms with Gasteiger partial charge in [0.05, 0.1) is 17.9 Å². The Balaban J connectivity index is 1.91. The maximum atomic E-state index is 12.8. The number of imidazole rings is 1. The number of H-pyrrole nitrogens is 1. The first-order valence-electron chi connectivity index (χ1n) is 8.99. The molecule has 2 heterocycles. The normalized spacial score (nSPS) is 21.9. The molecule has 0 bridgehead atoms. The molecule has 146 valence electrons. The van der Waals surface area contributed by atoms with E-state index in [1.165, 1.54) is 11.8 Å². The Morgan fingerprint density at radius 3 is 2.59 bits per heavy atom. The Morgan fingerprint density at radius 2 is 1.96 bits per heavy atom. The van der Waals surface area contributed by atoms with Crippen LogP contribution in [0.25, 0.3) is 11.3 Å². The number of likely N-dealkylation sites (tertiary alicyclic amines) is 1. The molecule has 1 fully saturated rings. The lowest BCUT2D eigenvalue weighted by molar-refractivity contribution is -0.150. The van der Waals surface area contributed by atoms with Gasteiger partial charge in [-0.05, 0) is 38.7 Å². The number of aryl methyl sites for hydroxylation is 1. The molecule has 0 radical (unpaired) electrons. The summed E-state index contributed by atoms with van der Waals surface area (Å²) < 4.78 is 23.7. The lowest BCUT2D eigenvalue weighted by Crippen LogP contribution is -2.50. The van der Waals surface area contributed by atoms with Gasteiger partial charge in [0.2, 0.25) is 5.91 Å². The molecule has 3 atom stereocenters. The molecule has 0 aliphatic carbocycles. The molecule has 2 N–H and O–H groups in total. The summed E-state index contributed by atoms with van der Waals surface area (Å²) in [6.07, 6.45) is 3.47. The molecule has 1 aromatic carbocycles. The smallest absolute Gasteiger partial charge is 0.243 e. The second-order valence-electron chi connectivity index (χ2n) is 7.19. The molecule has 1 aliphatic heterocycles. The van der Waals surface area contributed by atoms with Gasteiger partial charge in [-0.25, -0.2) is 13.4 Å². The fourth-order valence-electron chi connectivity index (χ4n) is 3.33. The van der Waals surface area contributed by atoms with Gasteiger partial charge in [-0.3, -0.25) is 4.79 Å². The second kappa shape index (κ2) is 7.44. The summed E-state index contributed by atoms with van der Waals surface area (Å²) in [5.74, 6) is -0.0404. The van der Waals surface area contributed by atoms with Crippen molar-refractivity contribution >= 4 is 15.7 Å². The monoisotopic (exact) mass is 391 g/mol. The third kappa shape index (κ3) is 4.06. The number of aromatic nitrogens is 2. The molecule has 0 spiro atoms. The van der Waals surface area contributed by atoms with E-state index in [0.717, 1.165) is 29.5 Å². The zero-order valence-electron chi connectivity index (χ0n) is 15.7. The van der Waals surface area contributed by atoms with Crippen LogP contribution in [0.1, 0.15) is 43.6 Å². The molecule has 1 saturated heterocycles. The van der Waals surface area contributed by atoms with Crippen molar-refractivity contribution in [1.82, 2.24) is 14.9 Å². The zero-order valence-corrected chi connectivity index (χ0v) is 16.5. The molecule has 2 aromatic rings. The highest BCUT2D eigenvalue weighted by molar-refractivity contribution is 7.92. The average Bonchev–Trinajstić information content (AvgIpc) is 3.10. The number of nitrogens with zero attached hydrogens (tertiary/aromatic N) is 2. The number of hydrogen-bond acceptors (Lipinski definition) is 5. The Morgan fingerprint density at radius 1 is 1.30 bits per heavy atom. The van der Waals surface area contributed by atoms with Gasteiger partial charge in [0, 0.05) is 6.26 Å². The minimum absolute atomic E-state index is 0.421. The van der Waals surface area contributed by atoms with Gasteiger partial charge in [-0.1, -0.05) is 29.8 Å². The molecular formula is C19H25N3O4S. The van der Waals surface area contributed by atoms with E-state index in [9.17, 15) is 18.3 Å². The van der Waals surface area contributed by atoms with E-state index in [-0.39, 0.29) is 0 Å². The molecule has 1 aliphatic rings. The van der Waals surface area contributed by atoms with Crippen LogP contribution in [0.15, 0.2) is 30.5 Å². The SMILES string of the molecule is Cc1ccc(-c2cnc(C3CCCC(O)N3C(=O)C(C)S(C)(=O)=O)[nH]2)cc1. The number of carbonyl (C=O) groups is 1. The molecule has 3 unspecified atom stereocenters. The number of aliphatic hydroxyl groups is 1. The van der Waals surface area contributed by atoms with Crippen molar-refractivity contribution < 1.29 is 18.3 Å². The largest absolute Gasteiger partial charge is 0.374 e. The van der Waals surface area contributed by atoms with Crippen molar-refractivity contribution in [2.75, 3.05) is 6.26 Å². The fourth-order valence-corrected chi connectivity index (χ4v) is 3.82. The van der Waals surface area contributed by atoms with Crippen LogP contribution in [0.2, 0.25) is 0 Å². The Hall–Kier alpha value is -2.19. The van der Waals surface area contributed by atoms with E-state index in [1.54, 1.807) is 6.20 Å². The summed E-state index contributed by atoms with van der Waals surface area (Å²) in [6.45, 7) is 3.37. The van der Waals surface area contributed by atoms with Gasteiger partial charge in [-0.2, -0.15) is 0 Å². The molecule has 1 aromatic heterocycles. The van der Waals surface area contributed by atoms with E-state index >= 15 is 0 Å². The minimum Gasteiger partial charge on any atom is -0.374 e. The Kier molecular flexibility index (Phi) is 5.39. The van der Waals surface area contributed by atoms with Gasteiger partial charge in [0.1, 0.15) is 17.3 Å². The number of rotatable bonds is 4. The van der Waals surface area contributed by atoms with Crippen LogP contribution in [0.4, 0.5) is 0 Å². The first-order valence-corrected chi connectivity index (χ1v) is 10.9. The van der Waals surface area contributed by atoms with Crippen LogP contribution in [-0.4, -0.2) is 52.0 Å². The van der Waals surface area contributed by atoms with E-state index in [2.05, 4.69) is 9.97 Å². The van der Waals surface area contributed by atoms with Crippen molar-refractivity contribution in [1.29, 1.82) is 0 Å². The van der Waals surface area contributed by atoms with Crippen LogP contribution < -0.4 is 0 Å². The van der Waals surface area contributed by atoms with Crippen molar-refractivity contribution in [3.63, 3.8) is 0 Å². The third-order valence-electron chi connectivity index (χ3n) is 5.11. The number of amides is 1. The van der Waals surface area contributed by atoms with E-state index in [1.807, 2.05) is 31.2 Å². The number of nitrogens with one attached hydrogen (secondary N) is 1. The molecule has 3 rings (SSSR count). The highest BCUT2D eigenvalue weighted by Crippen LogP contribution is 2.34. The van der Waals surface area contributed by atoms with Gasteiger partial charge in [0.15, 0.2) is 9.84 Å². The van der Waals surface area contributed by atoms with Gasteiger partial charge in [-0.15, -0.1) is 0 Å². The summed E-state index contributed by atoms with van der Waals surface area (Å²) in [6, 6.07) is 7.49. The summed E-state index contributed by atoms with van der Waals surface area (Å²) in [4.78, 5) is 21.7.